The number of carbonyl (C=O) groups is 2. The van der Waals surface area contributed by atoms with Crippen molar-refractivity contribution in [2.45, 2.75) is 115 Å². The second-order valence-corrected chi connectivity index (χ2v) is 10.2. The summed E-state index contributed by atoms with van der Waals surface area (Å²) in [5.41, 5.74) is -0.665. The van der Waals surface area contributed by atoms with Crippen LogP contribution in [-0.4, -0.2) is 64.1 Å². The highest BCUT2D eigenvalue weighted by atomic mass is 32.2. The van der Waals surface area contributed by atoms with Crippen molar-refractivity contribution in [3.63, 3.8) is 0 Å². The quantitative estimate of drug-likeness (QED) is 0.469. The summed E-state index contributed by atoms with van der Waals surface area (Å²) in [6.45, 7) is 5.09. The topological polar surface area (TPSA) is 108 Å². The number of carbonyl (C=O) groups excluding carboxylic acids is 1. The van der Waals surface area contributed by atoms with Crippen LogP contribution in [0, 0.1) is 0 Å². The van der Waals surface area contributed by atoms with Gasteiger partial charge in [0.15, 0.2) is 6.10 Å². The number of aliphatic hydroxyl groups excluding tert-OH is 1. The maximum Gasteiger partial charge on any atom is 0.408 e. The molecule has 2 rings (SSSR count). The van der Waals surface area contributed by atoms with Crippen LogP contribution in [0.3, 0.4) is 0 Å². The number of carboxylic acids is 1. The fourth-order valence-electron chi connectivity index (χ4n) is 3.89. The third-order valence-corrected chi connectivity index (χ3v) is 6.06. The maximum absolute atomic E-state index is 11.4. The van der Waals surface area contributed by atoms with Crippen LogP contribution in [0.5, 0.6) is 0 Å². The van der Waals surface area contributed by atoms with Crippen molar-refractivity contribution < 1.29 is 24.5 Å². The molecule has 0 aliphatic heterocycles. The monoisotopic (exact) mass is 446 g/mol. The molecule has 0 spiro atoms. The number of nitrogens with one attached hydrogen (secondary N) is 2. The van der Waals surface area contributed by atoms with Crippen molar-refractivity contribution in [2.75, 3.05) is 12.0 Å². The van der Waals surface area contributed by atoms with Crippen molar-refractivity contribution >= 4 is 23.8 Å². The van der Waals surface area contributed by atoms with Gasteiger partial charge in [0, 0.05) is 17.8 Å². The highest BCUT2D eigenvalue weighted by Gasteiger charge is 2.28. The van der Waals surface area contributed by atoms with Gasteiger partial charge in [0.05, 0.1) is 6.04 Å². The molecule has 1 amide bonds. The van der Waals surface area contributed by atoms with Crippen molar-refractivity contribution in [3.8, 4) is 0 Å². The predicted molar refractivity (Wildman–Crippen MR) is 122 cm³/mol. The van der Waals surface area contributed by atoms with Gasteiger partial charge in [-0.25, -0.2) is 9.59 Å². The number of hydrogen-bond donors (Lipinski definition) is 4. The molecule has 2 fully saturated rings. The zero-order valence-corrected chi connectivity index (χ0v) is 19.9. The molecule has 30 heavy (non-hydrogen) atoms. The number of alkyl carbamates (subject to hydrolysis) is 1. The fraction of sp³-hybridized carbons (Fsp3) is 0.909. The lowest BCUT2D eigenvalue weighted by Crippen LogP contribution is -2.49. The van der Waals surface area contributed by atoms with E-state index < -0.39 is 29.8 Å². The molecule has 2 atom stereocenters. The van der Waals surface area contributed by atoms with Crippen LogP contribution in [0.1, 0.15) is 85.0 Å². The average molecular weight is 447 g/mol. The summed E-state index contributed by atoms with van der Waals surface area (Å²) < 4.78 is 4.98. The molecule has 0 heterocycles. The van der Waals surface area contributed by atoms with E-state index in [4.69, 9.17) is 9.84 Å². The summed E-state index contributed by atoms with van der Waals surface area (Å²) in [4.78, 5) is 22.1. The van der Waals surface area contributed by atoms with E-state index in [0.29, 0.717) is 0 Å². The summed E-state index contributed by atoms with van der Waals surface area (Å²) in [6.07, 6.45) is 13.9. The zero-order valence-electron chi connectivity index (χ0n) is 19.1. The first-order valence-electron chi connectivity index (χ1n) is 11.3. The second kappa shape index (κ2) is 14.1. The Morgan fingerprint density at radius 1 is 1.00 bits per heavy atom. The van der Waals surface area contributed by atoms with Crippen LogP contribution >= 0.6 is 11.8 Å². The van der Waals surface area contributed by atoms with E-state index in [9.17, 15) is 14.7 Å². The van der Waals surface area contributed by atoms with Crippen molar-refractivity contribution in [2.24, 2.45) is 0 Å². The highest BCUT2D eigenvalue weighted by molar-refractivity contribution is 7.98. The van der Waals surface area contributed by atoms with Gasteiger partial charge in [-0.3, -0.25) is 0 Å². The molecule has 176 valence electrons. The minimum atomic E-state index is -1.64. The molecule has 0 aromatic carbocycles. The normalized spacial score (nSPS) is 20.4. The predicted octanol–water partition coefficient (Wildman–Crippen LogP) is 3.93. The van der Waals surface area contributed by atoms with E-state index >= 15 is 0 Å². The zero-order chi connectivity index (χ0) is 22.6. The van der Waals surface area contributed by atoms with Gasteiger partial charge in [-0.05, 0) is 52.7 Å². The molecule has 0 unspecified atom stereocenters. The second-order valence-electron chi connectivity index (χ2n) is 9.33. The van der Waals surface area contributed by atoms with E-state index in [2.05, 4.69) is 10.6 Å². The average Bonchev–Trinajstić information content (AvgIpc) is 2.67. The van der Waals surface area contributed by atoms with Gasteiger partial charge in [-0.1, -0.05) is 38.5 Å². The number of hydrogen-bond acceptors (Lipinski definition) is 6. The number of rotatable bonds is 7. The van der Waals surface area contributed by atoms with Gasteiger partial charge in [-0.2, -0.15) is 11.8 Å². The number of aliphatic hydroxyl groups is 1. The van der Waals surface area contributed by atoms with Gasteiger partial charge in [0.25, 0.3) is 0 Å². The Hall–Kier alpha value is -0.990. The van der Waals surface area contributed by atoms with E-state index in [1.54, 1.807) is 27.0 Å². The Morgan fingerprint density at radius 2 is 1.47 bits per heavy atom. The summed E-state index contributed by atoms with van der Waals surface area (Å²) in [7, 11) is 0. The number of aliphatic carboxylic acids is 1. The standard InChI is InChI=1S/C12H23N.C10H19NO5S/c1-3-7-11(8-4-1)13-12-9-5-2-6-10-12;1-10(2,3)16-9(15)11-6(5-17-4)7(12)8(13)14/h11-13H,1-10H2;6-7,12H,5H2,1-4H3,(H,11,15)(H,13,14)/t;6-,7+/m.1/s1. The molecule has 0 aromatic rings. The van der Waals surface area contributed by atoms with Crippen LogP contribution in [0.25, 0.3) is 0 Å². The van der Waals surface area contributed by atoms with Crippen molar-refractivity contribution in [3.05, 3.63) is 0 Å². The van der Waals surface area contributed by atoms with E-state index in [0.717, 1.165) is 12.1 Å². The molecule has 7 nitrogen and oxygen atoms in total. The van der Waals surface area contributed by atoms with Crippen LogP contribution in [-0.2, 0) is 9.53 Å². The Balaban J connectivity index is 0.000000308. The Bertz CT molecular complexity index is 484. The first-order chi connectivity index (χ1) is 14.1. The Morgan fingerprint density at radius 3 is 1.83 bits per heavy atom. The van der Waals surface area contributed by atoms with Crippen molar-refractivity contribution in [1.29, 1.82) is 0 Å². The van der Waals surface area contributed by atoms with Crippen LogP contribution in [0.15, 0.2) is 0 Å². The lowest BCUT2D eigenvalue weighted by atomic mass is 9.91. The van der Waals surface area contributed by atoms with Crippen LogP contribution in [0.4, 0.5) is 4.79 Å². The molecule has 2 aliphatic rings. The first-order valence-corrected chi connectivity index (χ1v) is 12.7. The molecule has 0 aromatic heterocycles. The molecule has 0 saturated heterocycles. The van der Waals surface area contributed by atoms with E-state index in [1.807, 2.05) is 0 Å². The van der Waals surface area contributed by atoms with Gasteiger partial charge in [-0.15, -0.1) is 0 Å². The Labute approximate surface area is 186 Å². The van der Waals surface area contributed by atoms with Crippen LogP contribution in [0.2, 0.25) is 0 Å². The largest absolute Gasteiger partial charge is 0.479 e. The number of carboxylic acid groups (broad SMARTS) is 1. The number of ether oxygens (including phenoxy) is 1. The minimum Gasteiger partial charge on any atom is -0.479 e. The fourth-order valence-corrected chi connectivity index (χ4v) is 4.52. The van der Waals surface area contributed by atoms with E-state index in [-0.39, 0.29) is 5.75 Å². The summed E-state index contributed by atoms with van der Waals surface area (Å²) >= 11 is 1.32. The van der Waals surface area contributed by atoms with Crippen molar-refractivity contribution in [1.82, 2.24) is 10.6 Å². The Kier molecular flexibility index (Phi) is 12.8. The summed E-state index contributed by atoms with van der Waals surface area (Å²) in [5.74, 6) is -1.09. The number of amides is 1. The highest BCUT2D eigenvalue weighted by Crippen LogP contribution is 2.22. The SMILES string of the molecule is C1CCC(NC2CCCCC2)CC1.CSC[C@@H](NC(=O)OC(C)(C)C)[C@H](O)C(=O)O. The van der Waals surface area contributed by atoms with Gasteiger partial charge >= 0.3 is 12.1 Å². The third kappa shape index (κ3) is 12.0. The minimum absolute atomic E-state index is 0.284. The van der Waals surface area contributed by atoms with Crippen LogP contribution < -0.4 is 10.6 Å². The van der Waals surface area contributed by atoms with Gasteiger partial charge < -0.3 is 25.6 Å². The lowest BCUT2D eigenvalue weighted by molar-refractivity contribution is -0.147. The van der Waals surface area contributed by atoms with E-state index in [1.165, 1.54) is 76.0 Å². The maximum atomic E-state index is 11.4. The van der Waals surface area contributed by atoms with Gasteiger partial charge in [0.2, 0.25) is 0 Å². The molecule has 8 heteroatoms. The smallest absolute Gasteiger partial charge is 0.408 e. The summed E-state index contributed by atoms with van der Waals surface area (Å²) in [5, 5.41) is 24.3. The molecule has 2 saturated carbocycles. The molecule has 0 bridgehead atoms. The molecular weight excluding hydrogens is 404 g/mol. The first kappa shape index (κ1) is 27.0. The lowest BCUT2D eigenvalue weighted by Gasteiger charge is -2.30. The number of thioether (sulfide) groups is 1. The molecule has 4 N–H and O–H groups in total. The molecular formula is C22H42N2O5S. The summed E-state index contributed by atoms with van der Waals surface area (Å²) in [6, 6.07) is 0.867. The van der Waals surface area contributed by atoms with Gasteiger partial charge in [0.1, 0.15) is 5.60 Å². The molecule has 0 radical (unpaired) electrons. The molecule has 2 aliphatic carbocycles. The third-order valence-electron chi connectivity index (χ3n) is 5.36.